The molecule has 180 valence electrons. The normalized spacial score (nSPS) is 14.2. The van der Waals surface area contributed by atoms with Crippen LogP contribution in [-0.2, 0) is 16.9 Å². The molecule has 34 heavy (non-hydrogen) atoms. The van der Waals surface area contributed by atoms with Gasteiger partial charge in [-0.15, -0.1) is 0 Å². The molecule has 0 aliphatic rings. The summed E-state index contributed by atoms with van der Waals surface area (Å²) in [6.07, 6.45) is -1.53. The molecule has 1 aromatic carbocycles. The van der Waals surface area contributed by atoms with Gasteiger partial charge in [0.25, 0.3) is 0 Å². The van der Waals surface area contributed by atoms with Gasteiger partial charge >= 0.3 is 12.1 Å². The first-order valence-corrected chi connectivity index (χ1v) is 10.5. The fourth-order valence-electron chi connectivity index (χ4n) is 3.29. The third-order valence-electron chi connectivity index (χ3n) is 5.17. The molecule has 0 saturated carbocycles. The molecule has 2 atom stereocenters. The van der Waals surface area contributed by atoms with Crippen molar-refractivity contribution in [3.63, 3.8) is 0 Å². The summed E-state index contributed by atoms with van der Waals surface area (Å²) in [7, 11) is 1.21. The maximum absolute atomic E-state index is 14.1. The Balaban J connectivity index is 1.82. The lowest BCUT2D eigenvalue weighted by atomic mass is 9.78. The van der Waals surface area contributed by atoms with Crippen LogP contribution in [0.2, 0.25) is 10.2 Å². The zero-order valence-corrected chi connectivity index (χ0v) is 19.3. The molecule has 12 heteroatoms. The SMILES string of the molecule is COC(=O)c1cnc(OCc2ccc([C@@H](C)[C@@](O)(c3ccnc(Cl)c3)C(F)(F)F)c(Cl)c2)cn1. The molecule has 0 unspecified atom stereocenters. The highest BCUT2D eigenvalue weighted by atomic mass is 35.5. The second kappa shape index (κ2) is 10.1. The van der Waals surface area contributed by atoms with Gasteiger partial charge in [-0.3, -0.25) is 0 Å². The topological polar surface area (TPSA) is 94.4 Å². The van der Waals surface area contributed by atoms with E-state index in [1.165, 1.54) is 44.6 Å². The summed E-state index contributed by atoms with van der Waals surface area (Å²) >= 11 is 12.1. The highest BCUT2D eigenvalue weighted by Gasteiger charge is 2.59. The van der Waals surface area contributed by atoms with Crippen LogP contribution in [0.25, 0.3) is 0 Å². The molecule has 0 aliphatic heterocycles. The number of halogens is 5. The number of benzene rings is 1. The van der Waals surface area contributed by atoms with E-state index in [2.05, 4.69) is 19.7 Å². The Morgan fingerprint density at radius 2 is 1.85 bits per heavy atom. The van der Waals surface area contributed by atoms with Crippen molar-refractivity contribution >= 4 is 29.2 Å². The molecule has 1 N–H and O–H groups in total. The van der Waals surface area contributed by atoms with Gasteiger partial charge in [-0.2, -0.15) is 13.2 Å². The van der Waals surface area contributed by atoms with Crippen LogP contribution in [0.1, 0.15) is 40.0 Å². The third kappa shape index (κ3) is 5.24. The lowest BCUT2D eigenvalue weighted by molar-refractivity contribution is -0.274. The molecule has 0 saturated heterocycles. The lowest BCUT2D eigenvalue weighted by Gasteiger charge is -2.37. The van der Waals surface area contributed by atoms with Crippen LogP contribution in [0.15, 0.2) is 48.9 Å². The number of aromatic nitrogens is 3. The second-order valence-corrected chi connectivity index (χ2v) is 8.02. The number of alkyl halides is 3. The number of carbonyl (C=O) groups is 1. The number of hydrogen-bond donors (Lipinski definition) is 1. The zero-order valence-electron chi connectivity index (χ0n) is 17.8. The Bertz CT molecular complexity index is 1180. The van der Waals surface area contributed by atoms with E-state index in [-0.39, 0.29) is 33.9 Å². The summed E-state index contributed by atoms with van der Waals surface area (Å²) in [6.45, 7) is 1.20. The molecular formula is C22H18Cl2F3N3O4. The summed E-state index contributed by atoms with van der Waals surface area (Å²) in [5, 5.41) is 10.7. The second-order valence-electron chi connectivity index (χ2n) is 7.23. The first-order valence-electron chi connectivity index (χ1n) is 9.70. The average Bonchev–Trinajstić information content (AvgIpc) is 2.81. The van der Waals surface area contributed by atoms with Crippen molar-refractivity contribution in [3.8, 4) is 5.88 Å². The molecule has 0 amide bonds. The number of aliphatic hydroxyl groups is 1. The maximum atomic E-state index is 14.1. The third-order valence-corrected chi connectivity index (χ3v) is 5.70. The predicted octanol–water partition coefficient (Wildman–Crippen LogP) is 5.10. The number of pyridine rings is 1. The number of hydrogen-bond acceptors (Lipinski definition) is 7. The van der Waals surface area contributed by atoms with Crippen LogP contribution in [0, 0.1) is 0 Å². The van der Waals surface area contributed by atoms with Crippen molar-refractivity contribution in [2.75, 3.05) is 7.11 Å². The van der Waals surface area contributed by atoms with Crippen molar-refractivity contribution in [1.29, 1.82) is 0 Å². The maximum Gasteiger partial charge on any atom is 0.422 e. The van der Waals surface area contributed by atoms with Gasteiger partial charge in [0.05, 0.1) is 19.5 Å². The van der Waals surface area contributed by atoms with Gasteiger partial charge in [-0.1, -0.05) is 42.3 Å². The highest BCUT2D eigenvalue weighted by molar-refractivity contribution is 6.31. The highest BCUT2D eigenvalue weighted by Crippen LogP contribution is 2.50. The number of rotatable bonds is 7. The average molecular weight is 516 g/mol. The van der Waals surface area contributed by atoms with E-state index in [9.17, 15) is 23.1 Å². The van der Waals surface area contributed by atoms with Gasteiger partial charge in [0.1, 0.15) is 11.8 Å². The smallest absolute Gasteiger partial charge is 0.422 e. The van der Waals surface area contributed by atoms with Gasteiger partial charge in [-0.25, -0.2) is 19.7 Å². The number of nitrogens with zero attached hydrogens (tertiary/aromatic N) is 3. The lowest BCUT2D eigenvalue weighted by Crippen LogP contribution is -2.46. The van der Waals surface area contributed by atoms with E-state index in [0.29, 0.717) is 5.56 Å². The van der Waals surface area contributed by atoms with Gasteiger partial charge in [-0.05, 0) is 34.9 Å². The van der Waals surface area contributed by atoms with Crippen LogP contribution in [0.3, 0.4) is 0 Å². The number of methoxy groups -OCH3 is 1. The summed E-state index contributed by atoms with van der Waals surface area (Å²) in [5.41, 5.74) is -3.12. The number of esters is 1. The van der Waals surface area contributed by atoms with E-state index < -0.39 is 29.2 Å². The van der Waals surface area contributed by atoms with Crippen LogP contribution < -0.4 is 4.74 Å². The molecular weight excluding hydrogens is 498 g/mol. The minimum absolute atomic E-state index is 0.00329. The molecule has 0 radical (unpaired) electrons. The summed E-state index contributed by atoms with van der Waals surface area (Å²) in [6, 6.07) is 6.36. The Morgan fingerprint density at radius 1 is 1.12 bits per heavy atom. The minimum Gasteiger partial charge on any atom is -0.472 e. The monoisotopic (exact) mass is 515 g/mol. The fourth-order valence-corrected chi connectivity index (χ4v) is 3.83. The Morgan fingerprint density at radius 3 is 2.41 bits per heavy atom. The van der Waals surface area contributed by atoms with Crippen LogP contribution in [-0.4, -0.2) is 39.3 Å². The molecule has 0 spiro atoms. The molecule has 3 aromatic rings. The molecule has 2 heterocycles. The van der Waals surface area contributed by atoms with Crippen LogP contribution in [0.5, 0.6) is 5.88 Å². The minimum atomic E-state index is -5.03. The van der Waals surface area contributed by atoms with Crippen molar-refractivity contribution in [1.82, 2.24) is 15.0 Å². The van der Waals surface area contributed by atoms with Gasteiger partial charge in [0.15, 0.2) is 11.3 Å². The van der Waals surface area contributed by atoms with E-state index in [0.717, 1.165) is 18.3 Å². The van der Waals surface area contributed by atoms with Gasteiger partial charge in [0, 0.05) is 17.1 Å². The van der Waals surface area contributed by atoms with Crippen molar-refractivity contribution in [3.05, 3.63) is 81.5 Å². The van der Waals surface area contributed by atoms with Crippen molar-refractivity contribution in [2.24, 2.45) is 0 Å². The standard InChI is InChI=1S/C22H18Cl2F3N3O4/c1-12(21(32,22(25,26)27)14-5-6-28-18(24)8-14)15-4-3-13(7-16(15)23)11-34-19-10-29-17(9-30-19)20(31)33-2/h3-10,12,32H,11H2,1-2H3/t12-,21-/m1/s1. The fraction of sp³-hybridized carbons (Fsp3) is 0.273. The molecule has 0 aliphatic carbocycles. The molecule has 3 rings (SSSR count). The molecule has 0 bridgehead atoms. The summed E-state index contributed by atoms with van der Waals surface area (Å²) in [4.78, 5) is 22.9. The van der Waals surface area contributed by atoms with E-state index in [4.69, 9.17) is 27.9 Å². The summed E-state index contributed by atoms with van der Waals surface area (Å²) < 4.78 is 52.2. The predicted molar refractivity (Wildman–Crippen MR) is 117 cm³/mol. The first-order chi connectivity index (χ1) is 16.0. The van der Waals surface area contributed by atoms with Gasteiger partial charge < -0.3 is 14.6 Å². The summed E-state index contributed by atoms with van der Waals surface area (Å²) in [5.74, 6) is -2.02. The Kier molecular flexibility index (Phi) is 7.64. The molecule has 7 nitrogen and oxygen atoms in total. The number of carbonyl (C=O) groups excluding carboxylic acids is 1. The van der Waals surface area contributed by atoms with E-state index in [1.54, 1.807) is 0 Å². The van der Waals surface area contributed by atoms with Crippen LogP contribution in [0.4, 0.5) is 13.2 Å². The quantitative estimate of drug-likeness (QED) is 0.345. The zero-order chi connectivity index (χ0) is 25.1. The van der Waals surface area contributed by atoms with Gasteiger partial charge in [0.2, 0.25) is 5.88 Å². The molecule has 2 aromatic heterocycles. The Labute approximate surface area is 202 Å². The van der Waals surface area contributed by atoms with E-state index in [1.807, 2.05) is 0 Å². The van der Waals surface area contributed by atoms with Crippen molar-refractivity contribution in [2.45, 2.75) is 31.2 Å². The largest absolute Gasteiger partial charge is 0.472 e. The first kappa shape index (κ1) is 25.7. The molecule has 0 fully saturated rings. The number of ether oxygens (including phenoxy) is 2. The Hall–Kier alpha value is -2.95. The van der Waals surface area contributed by atoms with Crippen LogP contribution >= 0.6 is 23.2 Å². The van der Waals surface area contributed by atoms with Crippen molar-refractivity contribution < 1.29 is 32.5 Å². The van der Waals surface area contributed by atoms with E-state index >= 15 is 0 Å².